The van der Waals surface area contributed by atoms with E-state index in [1.165, 1.54) is 0 Å². The van der Waals surface area contributed by atoms with Crippen LogP contribution in [0.25, 0.3) is 0 Å². The number of rotatable bonds is 9. The molecule has 1 atom stereocenters. The molecule has 0 aromatic rings. The number of hydrogen-bond donors (Lipinski definition) is 13. The zero-order valence-electron chi connectivity index (χ0n) is 14.0. The fraction of sp³-hybridized carbons (Fsp3) is 1.00. The van der Waals surface area contributed by atoms with Crippen molar-refractivity contribution in [3.63, 3.8) is 0 Å². The van der Waals surface area contributed by atoms with Crippen molar-refractivity contribution in [2.24, 2.45) is 0 Å². The van der Waals surface area contributed by atoms with E-state index in [0.717, 1.165) is 0 Å². The Bertz CT molecular complexity index is 723. The predicted molar refractivity (Wildman–Crippen MR) is 96.7 cm³/mol. The van der Waals surface area contributed by atoms with Crippen LogP contribution in [0.2, 0.25) is 0 Å². The molecule has 0 aromatic heterocycles. The Labute approximate surface area is 172 Å². The van der Waals surface area contributed by atoms with Crippen LogP contribution in [-0.4, -0.2) is 85.1 Å². The van der Waals surface area contributed by atoms with Gasteiger partial charge >= 0.3 is 54.3 Å². The molecule has 0 aliphatic heterocycles. The minimum atomic E-state index is -6.55. The van der Waals surface area contributed by atoms with Crippen molar-refractivity contribution >= 4 is 54.3 Å². The van der Waals surface area contributed by atoms with Crippen LogP contribution < -0.4 is 0 Å². The Balaban J connectivity index is 0. The van der Waals surface area contributed by atoms with E-state index in [4.69, 9.17) is 68.2 Å². The maximum atomic E-state index is 11.5. The largest absolute Gasteiger partial charge is 0.491 e. The highest BCUT2D eigenvalue weighted by Crippen LogP contribution is 2.74. The van der Waals surface area contributed by atoms with Crippen molar-refractivity contribution < 1.29 is 95.6 Å². The summed E-state index contributed by atoms with van der Waals surface area (Å²) in [6.07, 6.45) is 0. The molecule has 0 rings (SSSR count). The van der Waals surface area contributed by atoms with Gasteiger partial charge in [0.15, 0.2) is 0 Å². The van der Waals surface area contributed by atoms with Crippen molar-refractivity contribution in [3.8, 4) is 0 Å². The van der Waals surface area contributed by atoms with E-state index in [1.54, 1.807) is 0 Å². The third-order valence-corrected chi connectivity index (χ3v) is 13.2. The fourth-order valence-corrected chi connectivity index (χ4v) is 11.6. The summed E-state index contributed by atoms with van der Waals surface area (Å²) in [6.45, 7) is 0. The van der Waals surface area contributed by atoms with E-state index in [2.05, 4.69) is 0 Å². The lowest BCUT2D eigenvalue weighted by Crippen LogP contribution is -2.48. The summed E-state index contributed by atoms with van der Waals surface area (Å²) in [5, 5.41) is 0. The van der Waals surface area contributed by atoms with Gasteiger partial charge in [0.2, 0.25) is 16.6 Å². The van der Waals surface area contributed by atoms with Gasteiger partial charge in [0.05, 0.1) is 0 Å². The molecule has 188 valence electrons. The fourth-order valence-electron chi connectivity index (χ4n) is 1.99. The van der Waals surface area contributed by atoms with Crippen LogP contribution in [0.3, 0.4) is 0 Å². The van der Waals surface area contributed by atoms with Crippen molar-refractivity contribution in [1.29, 1.82) is 0 Å². The van der Waals surface area contributed by atoms with E-state index in [-0.39, 0.29) is 0 Å². The molecule has 0 fully saturated rings. The van der Waals surface area contributed by atoms with Crippen molar-refractivity contribution in [1.82, 2.24) is 4.90 Å². The zero-order valence-corrected chi connectivity index (χ0v) is 20.4. The molecule has 0 saturated heterocycles. The average Bonchev–Trinajstić information content (AvgIpc) is 2.27. The first kappa shape index (κ1) is 34.1. The van der Waals surface area contributed by atoms with E-state index >= 15 is 0 Å². The Morgan fingerprint density at radius 2 is 0.548 bits per heavy atom. The van der Waals surface area contributed by atoms with Crippen LogP contribution in [0.4, 0.5) is 0 Å². The number of nitrogens with zero attached hydrogens (tertiary/aromatic N) is 1. The van der Waals surface area contributed by atoms with E-state index < -0.39 is 75.7 Å². The van der Waals surface area contributed by atoms with Crippen molar-refractivity contribution in [3.05, 3.63) is 0 Å². The van der Waals surface area contributed by atoms with Gasteiger partial charge in [-0.25, -0.2) is 4.90 Å². The number of hydrogen-bond acceptors (Lipinski definition) is 8. The molecule has 0 spiro atoms. The molecule has 0 radical (unpaired) electrons. The van der Waals surface area contributed by atoms with E-state index in [9.17, 15) is 27.4 Å². The van der Waals surface area contributed by atoms with Gasteiger partial charge in [-0.05, 0) is 4.57 Å². The van der Waals surface area contributed by atoms with Gasteiger partial charge in [-0.1, -0.05) is 0 Å². The van der Waals surface area contributed by atoms with Gasteiger partial charge in [-0.3, -0.25) is 27.4 Å². The summed E-state index contributed by atoms with van der Waals surface area (Å²) in [6, 6.07) is 0. The van der Waals surface area contributed by atoms with Crippen LogP contribution in [0.5, 0.6) is 0 Å². The smallest absolute Gasteiger partial charge is 0.323 e. The van der Waals surface area contributed by atoms with Crippen LogP contribution >= 0.6 is 54.3 Å². The van der Waals surface area contributed by atoms with Crippen LogP contribution in [0.15, 0.2) is 0 Å². The van der Waals surface area contributed by atoms with E-state index in [0.29, 0.717) is 0 Å². The summed E-state index contributed by atoms with van der Waals surface area (Å²) in [5.74, 6) is 0. The summed E-state index contributed by atoms with van der Waals surface area (Å²) in [5.41, 5.74) is -12.5. The minimum Gasteiger partial charge on any atom is -0.323 e. The molecule has 0 heterocycles. The molecule has 0 aromatic carbocycles. The quantitative estimate of drug-likeness (QED) is 0.118. The van der Waals surface area contributed by atoms with E-state index in [1.807, 2.05) is 0 Å². The Morgan fingerprint density at radius 1 is 0.452 bits per heavy atom. The standard InChI is InChI=1S/C3H15NO18P6.HO2P/c5-23(6,7)1(24(8,9)10)4(2(25(11,12)13)26(14,15)16)3(27(17,18)19)28(20,21)22;1-3-2/h1-3H,(H2,5,6,7)(H2,8,9,10)(H2,11,12,13)(H2,14,15,16)(H2,17,18,19)(H2,20,21,22);3H/p+1. The van der Waals surface area contributed by atoms with Crippen molar-refractivity contribution in [2.45, 2.75) is 16.6 Å². The summed E-state index contributed by atoms with van der Waals surface area (Å²) in [7, 11) is -40.5. The first-order valence-corrected chi connectivity index (χ1v) is 17.2. The SMILES string of the molecule is O=P(O)(O)C(N(C(P(=O)(O)O)P(=O)(O)O)C(P(=O)(O)O)P(=O)(O)O)P(=O)(O)O.O=[PH+]O. The highest BCUT2D eigenvalue weighted by molar-refractivity contribution is 7.74. The minimum absolute atomic E-state index is 1.17. The first-order valence-electron chi connectivity index (χ1n) is 6.25. The zero-order chi connectivity index (χ0) is 26.0. The molecule has 31 heavy (non-hydrogen) atoms. The summed E-state index contributed by atoms with van der Waals surface area (Å²) in [4.78, 5) is 115. The normalized spacial score (nSPS) is 15.0. The van der Waals surface area contributed by atoms with Crippen LogP contribution in [0, 0.1) is 0 Å². The molecule has 0 saturated carbocycles. The lowest BCUT2D eigenvalue weighted by molar-refractivity contribution is 0.184. The third-order valence-electron chi connectivity index (χ3n) is 2.61. The second-order valence-corrected chi connectivity index (χ2v) is 16.5. The van der Waals surface area contributed by atoms with Crippen molar-refractivity contribution in [2.75, 3.05) is 0 Å². The van der Waals surface area contributed by atoms with Gasteiger partial charge in [-0.2, -0.15) is 4.89 Å². The first-order chi connectivity index (χ1) is 13.1. The molecular weight excluding hydrogens is 587 g/mol. The highest BCUT2D eigenvalue weighted by Gasteiger charge is 2.66. The Hall–Kier alpha value is 0.920. The van der Waals surface area contributed by atoms with Gasteiger partial charge in [0.25, 0.3) is 0 Å². The monoisotopic (exact) mass is 604 g/mol. The molecule has 0 aliphatic rings. The molecule has 28 heteroatoms. The molecule has 0 bridgehead atoms. The van der Waals surface area contributed by atoms with Crippen LogP contribution in [-0.2, 0) is 32.0 Å². The van der Waals surface area contributed by atoms with Gasteiger partial charge < -0.3 is 58.7 Å². The topological polar surface area (TPSA) is 386 Å². The average molecular weight is 604 g/mol. The summed E-state index contributed by atoms with van der Waals surface area (Å²) >= 11 is 0. The predicted octanol–water partition coefficient (Wildman–Crippen LogP) is -2.88. The summed E-state index contributed by atoms with van der Waals surface area (Å²) < 4.78 is 77.4. The second kappa shape index (κ2) is 11.1. The molecule has 0 amide bonds. The molecule has 13 N–H and O–H groups in total. The molecular formula is C3H17NO20P7+. The Kier molecular flexibility index (Phi) is 12.2. The lowest BCUT2D eigenvalue weighted by Gasteiger charge is -2.41. The second-order valence-electron chi connectivity index (χ2n) is 5.11. The molecule has 0 aliphatic carbocycles. The molecule has 21 nitrogen and oxygen atoms in total. The van der Waals surface area contributed by atoms with Gasteiger partial charge in [-0.15, -0.1) is 0 Å². The van der Waals surface area contributed by atoms with Crippen LogP contribution in [0.1, 0.15) is 0 Å². The lowest BCUT2D eigenvalue weighted by atomic mass is 10.9. The third kappa shape index (κ3) is 10.8. The molecule has 1 unspecified atom stereocenters. The Morgan fingerprint density at radius 3 is 0.613 bits per heavy atom. The van der Waals surface area contributed by atoms with Gasteiger partial charge in [0, 0.05) is 0 Å². The maximum Gasteiger partial charge on any atom is 0.491 e. The maximum absolute atomic E-state index is 11.5. The van der Waals surface area contributed by atoms with Gasteiger partial charge in [0.1, 0.15) is 0 Å². The highest BCUT2D eigenvalue weighted by atomic mass is 31.3.